The molecule has 2 heterocycles. The number of ether oxygens (including phenoxy) is 2. The number of likely N-dealkylation sites (tertiary alicyclic amines) is 1. The molecule has 2 aliphatic heterocycles. The van der Waals surface area contributed by atoms with Crippen molar-refractivity contribution < 1.29 is 19.4 Å². The van der Waals surface area contributed by atoms with Gasteiger partial charge in [-0.05, 0) is 36.6 Å². The third-order valence-electron chi connectivity index (χ3n) is 3.81. The molecule has 1 N–H and O–H groups in total. The fraction of sp³-hybridized carbons (Fsp3) is 0.438. The molecular weight excluding hydrogens is 306 g/mol. The van der Waals surface area contributed by atoms with Crippen molar-refractivity contribution in [3.63, 3.8) is 0 Å². The van der Waals surface area contributed by atoms with E-state index in [2.05, 4.69) is 0 Å². The number of benzene rings is 1. The normalized spacial score (nSPS) is 18.7. The van der Waals surface area contributed by atoms with Crippen LogP contribution in [0.15, 0.2) is 18.2 Å². The molecule has 2 aliphatic rings. The SMILES string of the molecule is O=C(/C=C/c1cc(Cl)c2c(c1)OCCO2)N1CCC(O)CC1. The number of piperidine rings is 1. The van der Waals surface area contributed by atoms with Crippen LogP contribution in [0.25, 0.3) is 6.08 Å². The lowest BCUT2D eigenvalue weighted by Crippen LogP contribution is -2.39. The lowest BCUT2D eigenvalue weighted by Gasteiger charge is -2.28. The lowest BCUT2D eigenvalue weighted by atomic mass is 10.1. The third-order valence-corrected chi connectivity index (χ3v) is 4.09. The first-order chi connectivity index (χ1) is 10.6. The molecule has 5 nitrogen and oxygen atoms in total. The highest BCUT2D eigenvalue weighted by Crippen LogP contribution is 2.38. The fourth-order valence-corrected chi connectivity index (χ4v) is 2.86. The van der Waals surface area contributed by atoms with Crippen LogP contribution in [0.5, 0.6) is 11.5 Å². The molecule has 0 radical (unpaired) electrons. The summed E-state index contributed by atoms with van der Waals surface area (Å²) in [5.41, 5.74) is 0.791. The van der Waals surface area contributed by atoms with Gasteiger partial charge < -0.3 is 19.5 Å². The van der Waals surface area contributed by atoms with Gasteiger partial charge in [-0.1, -0.05) is 11.6 Å². The first-order valence-corrected chi connectivity index (χ1v) is 7.75. The van der Waals surface area contributed by atoms with Crippen molar-refractivity contribution in [3.8, 4) is 11.5 Å². The molecule has 6 heteroatoms. The molecule has 0 atom stereocenters. The van der Waals surface area contributed by atoms with Crippen LogP contribution in [0.4, 0.5) is 0 Å². The van der Waals surface area contributed by atoms with E-state index >= 15 is 0 Å². The van der Waals surface area contributed by atoms with Crippen molar-refractivity contribution in [3.05, 3.63) is 28.8 Å². The number of carbonyl (C=O) groups is 1. The van der Waals surface area contributed by atoms with Crippen LogP contribution in [-0.4, -0.2) is 48.3 Å². The largest absolute Gasteiger partial charge is 0.486 e. The maximum Gasteiger partial charge on any atom is 0.246 e. The van der Waals surface area contributed by atoms with Crippen molar-refractivity contribution in [2.75, 3.05) is 26.3 Å². The number of hydrogen-bond donors (Lipinski definition) is 1. The van der Waals surface area contributed by atoms with E-state index in [0.29, 0.717) is 55.7 Å². The summed E-state index contributed by atoms with van der Waals surface area (Å²) in [5.74, 6) is 1.10. The Balaban J connectivity index is 1.70. The number of carbonyl (C=O) groups excluding carboxylic acids is 1. The standard InChI is InChI=1S/C16H18ClNO4/c17-13-9-11(10-14-16(13)22-8-7-21-14)1-2-15(20)18-5-3-12(19)4-6-18/h1-2,9-10,12,19H,3-8H2/b2-1+. The van der Waals surface area contributed by atoms with Crippen molar-refractivity contribution in [1.82, 2.24) is 4.90 Å². The smallest absolute Gasteiger partial charge is 0.246 e. The van der Waals surface area contributed by atoms with E-state index in [1.54, 1.807) is 17.0 Å². The second-order valence-corrected chi connectivity index (χ2v) is 5.82. The Morgan fingerprint density at radius 2 is 2.00 bits per heavy atom. The van der Waals surface area contributed by atoms with Gasteiger partial charge in [-0.15, -0.1) is 0 Å². The zero-order valence-corrected chi connectivity index (χ0v) is 12.9. The lowest BCUT2D eigenvalue weighted by molar-refractivity contribution is -0.127. The minimum absolute atomic E-state index is 0.0575. The van der Waals surface area contributed by atoms with Gasteiger partial charge in [0, 0.05) is 19.2 Å². The quantitative estimate of drug-likeness (QED) is 0.847. The van der Waals surface area contributed by atoms with E-state index in [1.165, 1.54) is 6.08 Å². The van der Waals surface area contributed by atoms with Gasteiger partial charge in [0.25, 0.3) is 0 Å². The minimum atomic E-state index is -0.287. The Bertz CT molecular complexity index is 594. The molecule has 1 fully saturated rings. The summed E-state index contributed by atoms with van der Waals surface area (Å²) >= 11 is 6.17. The number of rotatable bonds is 2. The summed E-state index contributed by atoms with van der Waals surface area (Å²) < 4.78 is 11.0. The molecule has 1 aromatic carbocycles. The van der Waals surface area contributed by atoms with Gasteiger partial charge in [-0.25, -0.2) is 0 Å². The van der Waals surface area contributed by atoms with Crippen LogP contribution in [-0.2, 0) is 4.79 Å². The molecule has 1 aromatic rings. The van der Waals surface area contributed by atoms with Gasteiger partial charge >= 0.3 is 0 Å². The van der Waals surface area contributed by atoms with Crippen LogP contribution >= 0.6 is 11.6 Å². The van der Waals surface area contributed by atoms with Gasteiger partial charge in [-0.3, -0.25) is 4.79 Å². The fourth-order valence-electron chi connectivity index (χ4n) is 2.59. The zero-order valence-electron chi connectivity index (χ0n) is 12.1. The molecule has 1 saturated heterocycles. The first kappa shape index (κ1) is 15.2. The average molecular weight is 324 g/mol. The van der Waals surface area contributed by atoms with E-state index in [-0.39, 0.29) is 12.0 Å². The van der Waals surface area contributed by atoms with Gasteiger partial charge in [0.05, 0.1) is 11.1 Å². The summed E-state index contributed by atoms with van der Waals surface area (Å²) in [7, 11) is 0. The van der Waals surface area contributed by atoms with E-state index < -0.39 is 0 Å². The monoisotopic (exact) mass is 323 g/mol. The molecule has 0 aromatic heterocycles. The molecule has 0 unspecified atom stereocenters. The zero-order chi connectivity index (χ0) is 15.5. The molecule has 0 spiro atoms. The summed E-state index contributed by atoms with van der Waals surface area (Å²) in [5, 5.41) is 9.94. The Morgan fingerprint density at radius 1 is 1.27 bits per heavy atom. The highest BCUT2D eigenvalue weighted by molar-refractivity contribution is 6.32. The van der Waals surface area contributed by atoms with Gasteiger partial charge in [0.15, 0.2) is 11.5 Å². The first-order valence-electron chi connectivity index (χ1n) is 7.37. The Kier molecular flexibility index (Phi) is 4.55. The predicted octanol–water partition coefficient (Wildman–Crippen LogP) is 2.11. The minimum Gasteiger partial charge on any atom is -0.486 e. The van der Waals surface area contributed by atoms with Crippen LogP contribution < -0.4 is 9.47 Å². The number of amides is 1. The van der Waals surface area contributed by atoms with Gasteiger partial charge in [0.1, 0.15) is 13.2 Å². The van der Waals surface area contributed by atoms with Crippen molar-refractivity contribution in [2.45, 2.75) is 18.9 Å². The summed E-state index contributed by atoms with van der Waals surface area (Å²) in [4.78, 5) is 13.9. The maximum absolute atomic E-state index is 12.1. The highest BCUT2D eigenvalue weighted by atomic mass is 35.5. The molecule has 22 heavy (non-hydrogen) atoms. The third kappa shape index (κ3) is 3.36. The Labute approximate surface area is 134 Å². The van der Waals surface area contributed by atoms with E-state index in [4.69, 9.17) is 21.1 Å². The second-order valence-electron chi connectivity index (χ2n) is 5.42. The number of fused-ring (bicyclic) bond motifs is 1. The second kappa shape index (κ2) is 6.58. The van der Waals surface area contributed by atoms with Crippen molar-refractivity contribution in [1.29, 1.82) is 0 Å². The van der Waals surface area contributed by atoms with Crippen LogP contribution in [0.2, 0.25) is 5.02 Å². The Morgan fingerprint density at radius 3 is 2.77 bits per heavy atom. The molecule has 118 valence electrons. The molecular formula is C16H18ClNO4. The summed E-state index contributed by atoms with van der Waals surface area (Å²) in [6.45, 7) is 2.16. The number of hydrogen-bond acceptors (Lipinski definition) is 4. The number of halogens is 1. The molecule has 0 bridgehead atoms. The van der Waals surface area contributed by atoms with Crippen LogP contribution in [0.1, 0.15) is 18.4 Å². The summed E-state index contributed by atoms with van der Waals surface area (Å²) in [6.07, 6.45) is 4.23. The highest BCUT2D eigenvalue weighted by Gasteiger charge is 2.20. The molecule has 0 saturated carbocycles. The summed E-state index contributed by atoms with van der Waals surface area (Å²) in [6, 6.07) is 3.56. The van der Waals surface area contributed by atoms with E-state index in [9.17, 15) is 9.90 Å². The van der Waals surface area contributed by atoms with Crippen molar-refractivity contribution in [2.24, 2.45) is 0 Å². The molecule has 0 aliphatic carbocycles. The topological polar surface area (TPSA) is 59.0 Å². The predicted molar refractivity (Wildman–Crippen MR) is 83.3 cm³/mol. The number of aliphatic hydroxyl groups is 1. The number of nitrogens with zero attached hydrogens (tertiary/aromatic N) is 1. The van der Waals surface area contributed by atoms with Gasteiger partial charge in [-0.2, -0.15) is 0 Å². The molecule has 3 rings (SSSR count). The van der Waals surface area contributed by atoms with E-state index in [0.717, 1.165) is 5.56 Å². The average Bonchev–Trinajstić information content (AvgIpc) is 2.53. The van der Waals surface area contributed by atoms with Crippen molar-refractivity contribution >= 4 is 23.6 Å². The molecule has 1 amide bonds. The Hall–Kier alpha value is -1.72. The maximum atomic E-state index is 12.1. The van der Waals surface area contributed by atoms with E-state index in [1.807, 2.05) is 6.07 Å². The number of aliphatic hydroxyl groups excluding tert-OH is 1. The van der Waals surface area contributed by atoms with Gasteiger partial charge in [0.2, 0.25) is 5.91 Å². The van der Waals surface area contributed by atoms with Crippen LogP contribution in [0.3, 0.4) is 0 Å². The van der Waals surface area contributed by atoms with Crippen LogP contribution in [0, 0.1) is 0 Å².